The Hall–Kier alpha value is -2.93. The topological polar surface area (TPSA) is 84.0 Å². The number of aromatic nitrogens is 2. The number of hydrogen-bond acceptors (Lipinski definition) is 5. The molecule has 7 heteroatoms. The van der Waals surface area contributed by atoms with Crippen LogP contribution in [0, 0.1) is 13.8 Å². The fraction of sp³-hybridized carbons (Fsp3) is 0.200. The molecule has 0 amide bonds. The number of aryl methyl sites for hydroxylation is 2. The summed E-state index contributed by atoms with van der Waals surface area (Å²) in [6.45, 7) is 4.41. The van der Waals surface area contributed by atoms with E-state index in [1.807, 2.05) is 31.2 Å². The van der Waals surface area contributed by atoms with Gasteiger partial charge in [0.05, 0.1) is 4.90 Å². The number of benzene rings is 2. The highest BCUT2D eigenvalue weighted by Gasteiger charge is 2.17. The minimum Gasteiger partial charge on any atom is -0.368 e. The van der Waals surface area contributed by atoms with E-state index in [4.69, 9.17) is 0 Å². The molecule has 0 saturated carbocycles. The Kier molecular flexibility index (Phi) is 5.71. The molecule has 140 valence electrons. The summed E-state index contributed by atoms with van der Waals surface area (Å²) >= 11 is 0. The lowest BCUT2D eigenvalue weighted by atomic mass is 10.1. The Morgan fingerprint density at radius 2 is 1.59 bits per heavy atom. The van der Waals surface area contributed by atoms with Crippen LogP contribution >= 0.6 is 0 Å². The van der Waals surface area contributed by atoms with Gasteiger partial charge in [0, 0.05) is 6.54 Å². The van der Waals surface area contributed by atoms with E-state index in [0.717, 1.165) is 12.0 Å². The smallest absolute Gasteiger partial charge is 0.263 e. The Morgan fingerprint density at radius 3 is 2.26 bits per heavy atom. The Labute approximate surface area is 159 Å². The zero-order chi connectivity index (χ0) is 19.3. The standard InChI is InChI=1S/C20H22N4O2S/c1-15-8-9-18(16(2)14-15)27(25,26)24-20-11-10-19(22-23-20)21-13-12-17-6-4-3-5-7-17/h3-11,14H,12-13H2,1-2H3,(H,21,22)(H,23,24). The van der Waals surface area contributed by atoms with E-state index in [1.165, 1.54) is 5.56 Å². The van der Waals surface area contributed by atoms with Crippen molar-refractivity contribution in [3.05, 3.63) is 77.4 Å². The van der Waals surface area contributed by atoms with Crippen LogP contribution in [0.4, 0.5) is 11.6 Å². The molecule has 27 heavy (non-hydrogen) atoms. The number of nitrogens with zero attached hydrogens (tertiary/aromatic N) is 2. The SMILES string of the molecule is Cc1ccc(S(=O)(=O)Nc2ccc(NCCc3ccccc3)nn2)c(C)c1. The Bertz CT molecular complexity index is 1000. The van der Waals surface area contributed by atoms with Crippen molar-refractivity contribution in [1.29, 1.82) is 0 Å². The van der Waals surface area contributed by atoms with Crippen molar-refractivity contribution in [2.75, 3.05) is 16.6 Å². The number of rotatable bonds is 7. The minimum absolute atomic E-state index is 0.184. The van der Waals surface area contributed by atoms with Crippen LogP contribution in [0.5, 0.6) is 0 Å². The van der Waals surface area contributed by atoms with E-state index in [-0.39, 0.29) is 10.7 Å². The maximum absolute atomic E-state index is 12.6. The molecular formula is C20H22N4O2S. The predicted octanol–water partition coefficient (Wildman–Crippen LogP) is 3.55. The number of nitrogens with one attached hydrogen (secondary N) is 2. The normalized spacial score (nSPS) is 11.2. The lowest BCUT2D eigenvalue weighted by Gasteiger charge is -2.10. The molecule has 0 aliphatic heterocycles. The summed E-state index contributed by atoms with van der Waals surface area (Å²) in [5, 5.41) is 11.2. The first-order valence-corrected chi connectivity index (χ1v) is 10.1. The summed E-state index contributed by atoms with van der Waals surface area (Å²) in [6, 6.07) is 18.6. The lowest BCUT2D eigenvalue weighted by molar-refractivity contribution is 0.600. The molecule has 2 aromatic carbocycles. The van der Waals surface area contributed by atoms with Gasteiger partial charge in [-0.3, -0.25) is 4.72 Å². The van der Waals surface area contributed by atoms with Gasteiger partial charge in [0.25, 0.3) is 10.0 Å². The lowest BCUT2D eigenvalue weighted by Crippen LogP contribution is -2.16. The summed E-state index contributed by atoms with van der Waals surface area (Å²) < 4.78 is 27.6. The largest absolute Gasteiger partial charge is 0.368 e. The third-order valence-corrected chi connectivity index (χ3v) is 5.60. The summed E-state index contributed by atoms with van der Waals surface area (Å²) in [5.74, 6) is 0.781. The molecule has 0 spiro atoms. The van der Waals surface area contributed by atoms with Gasteiger partial charge in [0.2, 0.25) is 0 Å². The monoisotopic (exact) mass is 382 g/mol. The molecule has 1 heterocycles. The molecule has 0 atom stereocenters. The average Bonchev–Trinajstić information content (AvgIpc) is 2.63. The Balaban J connectivity index is 1.61. The van der Waals surface area contributed by atoms with Crippen LogP contribution < -0.4 is 10.0 Å². The van der Waals surface area contributed by atoms with Crippen molar-refractivity contribution in [3.63, 3.8) is 0 Å². The highest BCUT2D eigenvalue weighted by atomic mass is 32.2. The second kappa shape index (κ2) is 8.18. The summed E-state index contributed by atoms with van der Waals surface area (Å²) in [5.41, 5.74) is 2.93. The molecule has 0 fully saturated rings. The number of hydrogen-bond donors (Lipinski definition) is 2. The second-order valence-corrected chi connectivity index (χ2v) is 7.99. The fourth-order valence-corrected chi connectivity index (χ4v) is 3.98. The van der Waals surface area contributed by atoms with Crippen molar-refractivity contribution in [2.45, 2.75) is 25.2 Å². The molecule has 3 aromatic rings. The van der Waals surface area contributed by atoms with Gasteiger partial charge in [0.1, 0.15) is 5.82 Å². The summed E-state index contributed by atoms with van der Waals surface area (Å²) in [6.07, 6.45) is 0.865. The number of sulfonamides is 1. The zero-order valence-corrected chi connectivity index (χ0v) is 16.1. The highest BCUT2D eigenvalue weighted by Crippen LogP contribution is 2.19. The first-order valence-electron chi connectivity index (χ1n) is 8.66. The van der Waals surface area contributed by atoms with Crippen molar-refractivity contribution < 1.29 is 8.42 Å². The molecule has 0 aliphatic rings. The van der Waals surface area contributed by atoms with Gasteiger partial charge in [-0.25, -0.2) is 8.42 Å². The first kappa shape index (κ1) is 18.8. The van der Waals surface area contributed by atoms with Gasteiger partial charge >= 0.3 is 0 Å². The third-order valence-electron chi connectivity index (χ3n) is 4.09. The van der Waals surface area contributed by atoms with Crippen molar-refractivity contribution in [1.82, 2.24) is 10.2 Å². The van der Waals surface area contributed by atoms with Crippen LogP contribution in [0.25, 0.3) is 0 Å². The zero-order valence-electron chi connectivity index (χ0n) is 15.3. The molecule has 0 aliphatic carbocycles. The molecule has 0 saturated heterocycles. The predicted molar refractivity (Wildman–Crippen MR) is 107 cm³/mol. The average molecular weight is 382 g/mol. The van der Waals surface area contributed by atoms with E-state index in [9.17, 15) is 8.42 Å². The van der Waals surface area contributed by atoms with Crippen LogP contribution in [0.15, 0.2) is 65.6 Å². The van der Waals surface area contributed by atoms with Crippen LogP contribution in [-0.2, 0) is 16.4 Å². The molecule has 1 aromatic heterocycles. The van der Waals surface area contributed by atoms with E-state index < -0.39 is 10.0 Å². The first-order chi connectivity index (χ1) is 12.9. The molecular weight excluding hydrogens is 360 g/mol. The third kappa shape index (κ3) is 5.04. The van der Waals surface area contributed by atoms with Crippen LogP contribution in [0.3, 0.4) is 0 Å². The minimum atomic E-state index is -3.70. The van der Waals surface area contributed by atoms with Crippen LogP contribution in [-0.4, -0.2) is 25.2 Å². The van der Waals surface area contributed by atoms with Gasteiger partial charge in [-0.05, 0) is 49.6 Å². The Morgan fingerprint density at radius 1 is 0.889 bits per heavy atom. The summed E-state index contributed by atoms with van der Waals surface area (Å²) in [4.78, 5) is 0.236. The van der Waals surface area contributed by atoms with Gasteiger partial charge in [-0.2, -0.15) is 0 Å². The van der Waals surface area contributed by atoms with Crippen LogP contribution in [0.1, 0.15) is 16.7 Å². The molecule has 0 unspecified atom stereocenters. The van der Waals surface area contributed by atoms with E-state index in [2.05, 4.69) is 32.4 Å². The van der Waals surface area contributed by atoms with E-state index in [1.54, 1.807) is 31.2 Å². The van der Waals surface area contributed by atoms with Gasteiger partial charge < -0.3 is 5.32 Å². The molecule has 0 radical (unpaired) electrons. The maximum atomic E-state index is 12.6. The fourth-order valence-electron chi connectivity index (χ4n) is 2.75. The molecule has 6 nitrogen and oxygen atoms in total. The van der Waals surface area contributed by atoms with Gasteiger partial charge in [-0.1, -0.05) is 48.0 Å². The number of anilines is 2. The van der Waals surface area contributed by atoms with Crippen molar-refractivity contribution in [3.8, 4) is 0 Å². The van der Waals surface area contributed by atoms with Gasteiger partial charge in [0.15, 0.2) is 5.82 Å². The van der Waals surface area contributed by atoms with E-state index >= 15 is 0 Å². The molecule has 2 N–H and O–H groups in total. The highest BCUT2D eigenvalue weighted by molar-refractivity contribution is 7.92. The second-order valence-electron chi connectivity index (χ2n) is 6.34. The van der Waals surface area contributed by atoms with E-state index in [0.29, 0.717) is 17.9 Å². The quantitative estimate of drug-likeness (QED) is 0.653. The maximum Gasteiger partial charge on any atom is 0.263 e. The van der Waals surface area contributed by atoms with Gasteiger partial charge in [-0.15, -0.1) is 10.2 Å². The molecule has 3 rings (SSSR count). The van der Waals surface area contributed by atoms with Crippen molar-refractivity contribution in [2.24, 2.45) is 0 Å². The van der Waals surface area contributed by atoms with Crippen LogP contribution in [0.2, 0.25) is 0 Å². The molecule has 0 bridgehead atoms. The van der Waals surface area contributed by atoms with Crippen molar-refractivity contribution >= 4 is 21.7 Å². The summed E-state index contributed by atoms with van der Waals surface area (Å²) in [7, 11) is -3.70.